The lowest BCUT2D eigenvalue weighted by Crippen LogP contribution is -2.24. The van der Waals surface area contributed by atoms with E-state index >= 15 is 0 Å². The van der Waals surface area contributed by atoms with E-state index in [4.69, 9.17) is 14.2 Å². The SMILES string of the molecule is C=C(C)Oc1ccc(C(=O)C=Cc2cc(OC(C)(C)C)ccc2OC(C)(C)C)cc1. The summed E-state index contributed by atoms with van der Waals surface area (Å²) in [6.07, 6.45) is 3.30. The van der Waals surface area contributed by atoms with Crippen LogP contribution in [0.2, 0.25) is 0 Å². The van der Waals surface area contributed by atoms with Crippen LogP contribution in [0, 0.1) is 0 Å². The van der Waals surface area contributed by atoms with E-state index in [0.29, 0.717) is 22.8 Å². The van der Waals surface area contributed by atoms with Crippen LogP contribution in [-0.2, 0) is 0 Å². The van der Waals surface area contributed by atoms with Gasteiger partial charge in [-0.3, -0.25) is 4.79 Å². The smallest absolute Gasteiger partial charge is 0.185 e. The summed E-state index contributed by atoms with van der Waals surface area (Å²) in [5.74, 6) is 2.55. The maximum atomic E-state index is 12.6. The summed E-state index contributed by atoms with van der Waals surface area (Å²) in [6, 6.07) is 12.6. The molecule has 0 fully saturated rings. The van der Waals surface area contributed by atoms with Gasteiger partial charge in [-0.1, -0.05) is 6.58 Å². The van der Waals surface area contributed by atoms with Gasteiger partial charge in [-0.15, -0.1) is 0 Å². The lowest BCUT2D eigenvalue weighted by molar-refractivity contribution is 0.104. The van der Waals surface area contributed by atoms with E-state index in [9.17, 15) is 4.79 Å². The van der Waals surface area contributed by atoms with Gasteiger partial charge in [-0.05, 0) is 103 Å². The molecule has 0 atom stereocenters. The van der Waals surface area contributed by atoms with Crippen molar-refractivity contribution < 1.29 is 19.0 Å². The van der Waals surface area contributed by atoms with Gasteiger partial charge in [-0.2, -0.15) is 0 Å². The minimum atomic E-state index is -0.363. The fraction of sp³-hybridized carbons (Fsp3) is 0.346. The number of hydrogen-bond donors (Lipinski definition) is 0. The van der Waals surface area contributed by atoms with Gasteiger partial charge >= 0.3 is 0 Å². The van der Waals surface area contributed by atoms with Gasteiger partial charge in [0.15, 0.2) is 5.78 Å². The number of hydrogen-bond acceptors (Lipinski definition) is 4. The fourth-order valence-electron chi connectivity index (χ4n) is 2.65. The van der Waals surface area contributed by atoms with Crippen molar-refractivity contribution in [3.63, 3.8) is 0 Å². The number of benzene rings is 2. The van der Waals surface area contributed by atoms with E-state index in [1.807, 2.05) is 59.7 Å². The van der Waals surface area contributed by atoms with E-state index in [1.54, 1.807) is 43.3 Å². The highest BCUT2D eigenvalue weighted by Crippen LogP contribution is 2.30. The summed E-state index contributed by atoms with van der Waals surface area (Å²) in [5, 5.41) is 0. The Bertz CT molecular complexity index is 923. The van der Waals surface area contributed by atoms with E-state index in [2.05, 4.69) is 6.58 Å². The average Bonchev–Trinajstić information content (AvgIpc) is 2.59. The Balaban J connectivity index is 2.28. The largest absolute Gasteiger partial charge is 0.488 e. The number of carbonyl (C=O) groups is 1. The number of rotatable bonds is 7. The number of allylic oxidation sites excluding steroid dienone is 2. The normalized spacial score (nSPS) is 12.0. The van der Waals surface area contributed by atoms with Crippen molar-refractivity contribution in [2.75, 3.05) is 0 Å². The zero-order valence-corrected chi connectivity index (χ0v) is 19.0. The Kier molecular flexibility index (Phi) is 7.14. The van der Waals surface area contributed by atoms with Crippen molar-refractivity contribution in [2.24, 2.45) is 0 Å². The lowest BCUT2D eigenvalue weighted by atomic mass is 10.1. The molecule has 0 amide bonds. The van der Waals surface area contributed by atoms with Gasteiger partial charge in [0.25, 0.3) is 0 Å². The van der Waals surface area contributed by atoms with Crippen LogP contribution < -0.4 is 14.2 Å². The minimum absolute atomic E-state index is 0.110. The third-order valence-electron chi connectivity index (χ3n) is 3.67. The van der Waals surface area contributed by atoms with Gasteiger partial charge in [0.05, 0.1) is 5.76 Å². The van der Waals surface area contributed by atoms with Crippen molar-refractivity contribution >= 4 is 11.9 Å². The quantitative estimate of drug-likeness (QED) is 0.285. The van der Waals surface area contributed by atoms with Crippen molar-refractivity contribution in [1.82, 2.24) is 0 Å². The molecule has 2 rings (SSSR count). The fourth-order valence-corrected chi connectivity index (χ4v) is 2.65. The molecule has 4 heteroatoms. The predicted octanol–water partition coefficient (Wildman–Crippen LogP) is 6.85. The average molecular weight is 409 g/mol. The van der Waals surface area contributed by atoms with Crippen molar-refractivity contribution in [3.05, 3.63) is 72.0 Å². The number of carbonyl (C=O) groups excluding carboxylic acids is 1. The first-order valence-electron chi connectivity index (χ1n) is 10.0. The summed E-state index contributed by atoms with van der Waals surface area (Å²) in [4.78, 5) is 12.6. The Hall–Kier alpha value is -3.01. The van der Waals surface area contributed by atoms with Crippen LogP contribution in [0.25, 0.3) is 6.08 Å². The van der Waals surface area contributed by atoms with Crippen molar-refractivity contribution in [3.8, 4) is 17.2 Å². The molecular formula is C26H32O4. The lowest BCUT2D eigenvalue weighted by Gasteiger charge is -2.25. The van der Waals surface area contributed by atoms with Gasteiger partial charge in [0, 0.05) is 11.1 Å². The highest BCUT2D eigenvalue weighted by atomic mass is 16.5. The first-order valence-corrected chi connectivity index (χ1v) is 10.0. The summed E-state index contributed by atoms with van der Waals surface area (Å²) in [7, 11) is 0. The van der Waals surface area contributed by atoms with Crippen LogP contribution in [0.15, 0.2) is 60.9 Å². The molecule has 2 aromatic rings. The zero-order chi connectivity index (χ0) is 22.5. The van der Waals surface area contributed by atoms with Crippen LogP contribution in [-0.4, -0.2) is 17.0 Å². The molecule has 0 aromatic heterocycles. The molecule has 30 heavy (non-hydrogen) atoms. The van der Waals surface area contributed by atoms with Gasteiger partial charge in [0.2, 0.25) is 0 Å². The molecule has 0 bridgehead atoms. The Labute approximate surface area is 180 Å². The summed E-state index contributed by atoms with van der Waals surface area (Å²) in [5.41, 5.74) is 0.664. The van der Waals surface area contributed by atoms with E-state index in [-0.39, 0.29) is 17.0 Å². The van der Waals surface area contributed by atoms with Crippen LogP contribution >= 0.6 is 0 Å². The highest BCUT2D eigenvalue weighted by Gasteiger charge is 2.17. The molecule has 0 aliphatic carbocycles. The molecule has 0 unspecified atom stereocenters. The Morgan fingerprint density at radius 2 is 1.43 bits per heavy atom. The summed E-state index contributed by atoms with van der Waals surface area (Å²) >= 11 is 0. The maximum absolute atomic E-state index is 12.6. The van der Waals surface area contributed by atoms with Crippen LogP contribution in [0.5, 0.6) is 17.2 Å². The third kappa shape index (κ3) is 7.78. The van der Waals surface area contributed by atoms with Crippen molar-refractivity contribution in [1.29, 1.82) is 0 Å². The molecule has 0 heterocycles. The molecule has 4 nitrogen and oxygen atoms in total. The second-order valence-electron chi connectivity index (χ2n) is 9.15. The Morgan fingerprint density at radius 1 is 0.867 bits per heavy atom. The molecule has 0 spiro atoms. The number of ether oxygens (including phenoxy) is 3. The second kappa shape index (κ2) is 9.21. The molecule has 2 aromatic carbocycles. The molecular weight excluding hydrogens is 376 g/mol. The topological polar surface area (TPSA) is 44.8 Å². The zero-order valence-electron chi connectivity index (χ0n) is 19.0. The van der Waals surface area contributed by atoms with E-state index < -0.39 is 0 Å². The van der Waals surface area contributed by atoms with Crippen LogP contribution in [0.4, 0.5) is 0 Å². The van der Waals surface area contributed by atoms with Crippen LogP contribution in [0.3, 0.4) is 0 Å². The molecule has 0 aliphatic rings. The third-order valence-corrected chi connectivity index (χ3v) is 3.67. The first kappa shape index (κ1) is 23.3. The first-order chi connectivity index (χ1) is 13.8. The standard InChI is InChI=1S/C26H32O4/c1-18(2)28-21-12-9-19(10-13-21)23(27)15-11-20-17-22(29-25(3,4)5)14-16-24(20)30-26(6,7)8/h9-17H,1H2,2-8H3. The van der Waals surface area contributed by atoms with Gasteiger partial charge in [0.1, 0.15) is 28.5 Å². The number of ketones is 1. The Morgan fingerprint density at radius 3 is 1.97 bits per heavy atom. The molecule has 0 saturated carbocycles. The summed E-state index contributed by atoms with van der Waals surface area (Å²) < 4.78 is 17.5. The van der Waals surface area contributed by atoms with Gasteiger partial charge in [-0.25, -0.2) is 0 Å². The molecule has 160 valence electrons. The predicted molar refractivity (Wildman–Crippen MR) is 122 cm³/mol. The minimum Gasteiger partial charge on any atom is -0.488 e. The van der Waals surface area contributed by atoms with E-state index in [1.165, 1.54) is 0 Å². The molecule has 0 aliphatic heterocycles. The molecule has 0 saturated heterocycles. The maximum Gasteiger partial charge on any atom is 0.185 e. The van der Waals surface area contributed by atoms with Crippen molar-refractivity contribution in [2.45, 2.75) is 59.7 Å². The molecule has 0 radical (unpaired) electrons. The molecule has 0 N–H and O–H groups in total. The second-order valence-corrected chi connectivity index (χ2v) is 9.15. The van der Waals surface area contributed by atoms with Gasteiger partial charge < -0.3 is 14.2 Å². The van der Waals surface area contributed by atoms with Crippen LogP contribution in [0.1, 0.15) is 64.4 Å². The highest BCUT2D eigenvalue weighted by molar-refractivity contribution is 6.07. The summed E-state index contributed by atoms with van der Waals surface area (Å²) in [6.45, 7) is 17.4. The monoisotopic (exact) mass is 408 g/mol. The van der Waals surface area contributed by atoms with E-state index in [0.717, 1.165) is 11.3 Å².